The fraction of sp³-hybridized carbons (Fsp3) is 0.842. The number of carbonyl (C=O) groups excluding carboxylic acids is 3. The number of hydrogen-bond donors (Lipinski definition) is 1. The van der Waals surface area contributed by atoms with Gasteiger partial charge in [-0.1, -0.05) is 27.7 Å². The molecule has 144 valence electrons. The molecule has 0 aromatic heterocycles. The minimum Gasteiger partial charge on any atom is -0.359 e. The van der Waals surface area contributed by atoms with Crippen LogP contribution in [0.3, 0.4) is 0 Å². The molecule has 1 heterocycles. The molecular formula is C19H35N3O3. The highest BCUT2D eigenvalue weighted by Gasteiger charge is 2.30. The summed E-state index contributed by atoms with van der Waals surface area (Å²) in [5.41, 5.74) is 0. The van der Waals surface area contributed by atoms with E-state index in [0.29, 0.717) is 18.9 Å². The molecule has 1 aliphatic heterocycles. The average Bonchev–Trinajstić information content (AvgIpc) is 3.05. The standard InChI is InChI=1S/C19H35N3O3/c1-13(2)18(24)22-10-8-16(12-22)11-15(4)19(25)21(6)9-7-14(3)17(23)20-5/h13-16H,7-12H2,1-6H3,(H,20,23). The zero-order valence-corrected chi connectivity index (χ0v) is 16.7. The molecule has 0 spiro atoms. The van der Waals surface area contributed by atoms with Crippen molar-refractivity contribution in [2.45, 2.75) is 47.0 Å². The third kappa shape index (κ3) is 6.33. The highest BCUT2D eigenvalue weighted by atomic mass is 16.2. The van der Waals surface area contributed by atoms with E-state index >= 15 is 0 Å². The molecule has 25 heavy (non-hydrogen) atoms. The molecule has 6 heteroatoms. The number of likely N-dealkylation sites (tertiary alicyclic amines) is 1. The van der Waals surface area contributed by atoms with Gasteiger partial charge in [-0.2, -0.15) is 0 Å². The lowest BCUT2D eigenvalue weighted by Gasteiger charge is -2.24. The van der Waals surface area contributed by atoms with Crippen molar-refractivity contribution in [1.29, 1.82) is 0 Å². The van der Waals surface area contributed by atoms with E-state index in [1.807, 2.05) is 32.6 Å². The van der Waals surface area contributed by atoms with Gasteiger partial charge in [0.2, 0.25) is 17.7 Å². The Morgan fingerprint density at radius 3 is 2.36 bits per heavy atom. The zero-order valence-electron chi connectivity index (χ0n) is 16.7. The number of nitrogens with zero attached hydrogens (tertiary/aromatic N) is 2. The molecule has 1 aliphatic rings. The molecular weight excluding hydrogens is 318 g/mol. The summed E-state index contributed by atoms with van der Waals surface area (Å²) in [6.45, 7) is 9.86. The molecule has 0 aliphatic carbocycles. The van der Waals surface area contributed by atoms with E-state index in [9.17, 15) is 14.4 Å². The first-order valence-corrected chi connectivity index (χ1v) is 9.42. The van der Waals surface area contributed by atoms with Crippen molar-refractivity contribution >= 4 is 17.7 Å². The normalized spacial score (nSPS) is 19.6. The van der Waals surface area contributed by atoms with Gasteiger partial charge >= 0.3 is 0 Å². The topological polar surface area (TPSA) is 69.7 Å². The fourth-order valence-electron chi connectivity index (χ4n) is 3.44. The molecule has 3 amide bonds. The summed E-state index contributed by atoms with van der Waals surface area (Å²) in [6, 6.07) is 0. The molecule has 6 nitrogen and oxygen atoms in total. The number of nitrogens with one attached hydrogen (secondary N) is 1. The maximum Gasteiger partial charge on any atom is 0.225 e. The molecule has 1 rings (SSSR count). The predicted octanol–water partition coefficient (Wildman–Crippen LogP) is 1.75. The predicted molar refractivity (Wildman–Crippen MR) is 98.8 cm³/mol. The highest BCUT2D eigenvalue weighted by Crippen LogP contribution is 2.25. The summed E-state index contributed by atoms with van der Waals surface area (Å²) >= 11 is 0. The van der Waals surface area contributed by atoms with Crippen LogP contribution in [0.1, 0.15) is 47.0 Å². The van der Waals surface area contributed by atoms with Gasteiger partial charge in [0.15, 0.2) is 0 Å². The molecule has 1 fully saturated rings. The van der Waals surface area contributed by atoms with Gasteiger partial charge in [-0.15, -0.1) is 0 Å². The first-order valence-electron chi connectivity index (χ1n) is 9.42. The molecule has 0 bridgehead atoms. The minimum atomic E-state index is -0.0963. The Hall–Kier alpha value is -1.59. The van der Waals surface area contributed by atoms with Crippen LogP contribution < -0.4 is 5.32 Å². The smallest absolute Gasteiger partial charge is 0.225 e. The van der Waals surface area contributed by atoms with Crippen molar-refractivity contribution < 1.29 is 14.4 Å². The van der Waals surface area contributed by atoms with Crippen molar-refractivity contribution in [3.05, 3.63) is 0 Å². The van der Waals surface area contributed by atoms with E-state index in [4.69, 9.17) is 0 Å². The lowest BCUT2D eigenvalue weighted by atomic mass is 9.94. The van der Waals surface area contributed by atoms with Crippen LogP contribution in [0.4, 0.5) is 0 Å². The first-order chi connectivity index (χ1) is 11.7. The molecule has 3 atom stereocenters. The van der Waals surface area contributed by atoms with E-state index in [1.54, 1.807) is 19.0 Å². The Kier molecular flexibility index (Phi) is 8.39. The van der Waals surface area contributed by atoms with Crippen LogP contribution in [-0.2, 0) is 14.4 Å². The summed E-state index contributed by atoms with van der Waals surface area (Å²) in [7, 11) is 3.43. The second kappa shape index (κ2) is 9.78. The van der Waals surface area contributed by atoms with Gasteiger partial charge in [0.1, 0.15) is 0 Å². The van der Waals surface area contributed by atoms with Crippen LogP contribution in [0.2, 0.25) is 0 Å². The number of hydrogen-bond acceptors (Lipinski definition) is 3. The van der Waals surface area contributed by atoms with Crippen LogP contribution in [0, 0.1) is 23.7 Å². The van der Waals surface area contributed by atoms with Gasteiger partial charge in [-0.25, -0.2) is 0 Å². The molecule has 1 saturated heterocycles. The second-order valence-corrected chi connectivity index (χ2v) is 7.79. The van der Waals surface area contributed by atoms with Crippen LogP contribution in [0.15, 0.2) is 0 Å². The average molecular weight is 354 g/mol. The van der Waals surface area contributed by atoms with E-state index in [-0.39, 0.29) is 35.5 Å². The van der Waals surface area contributed by atoms with Gasteiger partial charge < -0.3 is 15.1 Å². The van der Waals surface area contributed by atoms with Crippen molar-refractivity contribution in [2.75, 3.05) is 33.7 Å². The van der Waals surface area contributed by atoms with Gasteiger partial charge in [0.05, 0.1) is 0 Å². The highest BCUT2D eigenvalue weighted by molar-refractivity contribution is 5.79. The Morgan fingerprint density at radius 1 is 1.16 bits per heavy atom. The summed E-state index contributed by atoms with van der Waals surface area (Å²) in [6.07, 6.45) is 2.46. The summed E-state index contributed by atoms with van der Waals surface area (Å²) in [5.74, 6) is 0.626. The Labute approximate surface area is 152 Å². The zero-order chi connectivity index (χ0) is 19.1. The third-order valence-electron chi connectivity index (χ3n) is 5.17. The van der Waals surface area contributed by atoms with Crippen molar-refractivity contribution in [2.24, 2.45) is 23.7 Å². The van der Waals surface area contributed by atoms with E-state index in [2.05, 4.69) is 5.32 Å². The first kappa shape index (κ1) is 21.5. The monoisotopic (exact) mass is 353 g/mol. The maximum absolute atomic E-state index is 12.6. The largest absolute Gasteiger partial charge is 0.359 e. The number of rotatable bonds is 8. The molecule has 0 radical (unpaired) electrons. The van der Waals surface area contributed by atoms with Crippen molar-refractivity contribution in [3.8, 4) is 0 Å². The summed E-state index contributed by atoms with van der Waals surface area (Å²) < 4.78 is 0. The van der Waals surface area contributed by atoms with Crippen LogP contribution >= 0.6 is 0 Å². The van der Waals surface area contributed by atoms with Crippen molar-refractivity contribution in [3.63, 3.8) is 0 Å². The number of amides is 3. The van der Waals surface area contributed by atoms with E-state index in [0.717, 1.165) is 25.9 Å². The fourth-order valence-corrected chi connectivity index (χ4v) is 3.44. The number of carbonyl (C=O) groups is 3. The van der Waals surface area contributed by atoms with Crippen LogP contribution in [0.25, 0.3) is 0 Å². The SMILES string of the molecule is CNC(=O)C(C)CCN(C)C(=O)C(C)CC1CCN(C(=O)C(C)C)C1. The summed E-state index contributed by atoms with van der Waals surface area (Å²) in [5, 5.41) is 2.64. The molecule has 0 aromatic carbocycles. The van der Waals surface area contributed by atoms with E-state index in [1.165, 1.54) is 0 Å². The van der Waals surface area contributed by atoms with Crippen LogP contribution in [0.5, 0.6) is 0 Å². The molecule has 0 saturated carbocycles. The summed E-state index contributed by atoms with van der Waals surface area (Å²) in [4.78, 5) is 39.8. The minimum absolute atomic E-state index is 0.00904. The quantitative estimate of drug-likeness (QED) is 0.723. The molecule has 1 N–H and O–H groups in total. The van der Waals surface area contributed by atoms with Gasteiger partial charge in [0.25, 0.3) is 0 Å². The van der Waals surface area contributed by atoms with Crippen molar-refractivity contribution in [1.82, 2.24) is 15.1 Å². The maximum atomic E-state index is 12.6. The Bertz CT molecular complexity index is 479. The van der Waals surface area contributed by atoms with E-state index < -0.39 is 0 Å². The lowest BCUT2D eigenvalue weighted by molar-refractivity contribution is -0.135. The van der Waals surface area contributed by atoms with Crippen LogP contribution in [-0.4, -0.2) is 61.3 Å². The second-order valence-electron chi connectivity index (χ2n) is 7.79. The Morgan fingerprint density at radius 2 is 1.80 bits per heavy atom. The Balaban J connectivity index is 2.41. The molecule has 3 unspecified atom stereocenters. The molecule has 0 aromatic rings. The third-order valence-corrected chi connectivity index (χ3v) is 5.17. The van der Waals surface area contributed by atoms with Gasteiger partial charge in [0, 0.05) is 51.5 Å². The lowest BCUT2D eigenvalue weighted by Crippen LogP contribution is -2.36. The van der Waals surface area contributed by atoms with Gasteiger partial charge in [-0.3, -0.25) is 14.4 Å². The van der Waals surface area contributed by atoms with Gasteiger partial charge in [-0.05, 0) is 25.2 Å².